The average molecular weight is 247 g/mol. The molecule has 2 nitrogen and oxygen atoms in total. The summed E-state index contributed by atoms with van der Waals surface area (Å²) in [6, 6.07) is 9.10. The van der Waals surface area contributed by atoms with E-state index in [1.165, 1.54) is 30.4 Å². The van der Waals surface area contributed by atoms with Crippen LogP contribution in [-0.2, 0) is 11.2 Å². The van der Waals surface area contributed by atoms with Gasteiger partial charge in [-0.1, -0.05) is 31.2 Å². The second kappa shape index (κ2) is 5.85. The van der Waals surface area contributed by atoms with Crippen LogP contribution < -0.4 is 5.32 Å². The Hall–Kier alpha value is -0.860. The van der Waals surface area contributed by atoms with E-state index >= 15 is 0 Å². The van der Waals surface area contributed by atoms with Crippen molar-refractivity contribution in [2.45, 2.75) is 51.2 Å². The van der Waals surface area contributed by atoms with Gasteiger partial charge in [0.05, 0.1) is 5.60 Å². The first-order chi connectivity index (χ1) is 8.72. The molecule has 0 spiro atoms. The van der Waals surface area contributed by atoms with Gasteiger partial charge in [-0.25, -0.2) is 0 Å². The normalized spacial score (nSPS) is 19.3. The van der Waals surface area contributed by atoms with Gasteiger partial charge in [-0.05, 0) is 50.3 Å². The second-order valence-electron chi connectivity index (χ2n) is 5.36. The lowest BCUT2D eigenvalue weighted by atomic mass is 9.72. The molecule has 0 aromatic heterocycles. The molecule has 2 rings (SSSR count). The molecule has 0 amide bonds. The minimum atomic E-state index is 0.0677. The molecular formula is C16H25NO. The molecule has 1 N–H and O–H groups in total. The van der Waals surface area contributed by atoms with Crippen LogP contribution in [0.2, 0.25) is 0 Å². The molecule has 1 aliphatic carbocycles. The van der Waals surface area contributed by atoms with Gasteiger partial charge in [-0.15, -0.1) is 0 Å². The van der Waals surface area contributed by atoms with Gasteiger partial charge < -0.3 is 10.1 Å². The third-order valence-electron chi connectivity index (χ3n) is 4.38. The first-order valence-electron chi connectivity index (χ1n) is 7.05. The molecule has 2 heteroatoms. The van der Waals surface area contributed by atoms with Gasteiger partial charge in [0.2, 0.25) is 0 Å². The van der Waals surface area contributed by atoms with Gasteiger partial charge in [-0.2, -0.15) is 0 Å². The van der Waals surface area contributed by atoms with Crippen molar-refractivity contribution in [3.05, 3.63) is 35.4 Å². The van der Waals surface area contributed by atoms with Gasteiger partial charge in [0.15, 0.2) is 0 Å². The monoisotopic (exact) mass is 247 g/mol. The fourth-order valence-corrected chi connectivity index (χ4v) is 2.97. The summed E-state index contributed by atoms with van der Waals surface area (Å²) < 4.78 is 5.84. The van der Waals surface area contributed by atoms with Crippen molar-refractivity contribution < 1.29 is 4.74 Å². The number of hydrogen-bond donors (Lipinski definition) is 1. The van der Waals surface area contributed by atoms with Gasteiger partial charge in [-0.3, -0.25) is 0 Å². The number of nitrogens with one attached hydrogen (secondary N) is 1. The zero-order valence-corrected chi connectivity index (χ0v) is 11.8. The summed E-state index contributed by atoms with van der Waals surface area (Å²) in [7, 11) is 1.86. The molecule has 1 fully saturated rings. The minimum Gasteiger partial charge on any atom is -0.377 e. The van der Waals surface area contributed by atoms with Crippen LogP contribution in [0.3, 0.4) is 0 Å². The van der Waals surface area contributed by atoms with E-state index in [1.807, 2.05) is 7.11 Å². The molecule has 0 saturated heterocycles. The SMILES string of the molecule is CCNC(Cc1ccccc1C)C1(OC)CCC1. The molecule has 100 valence electrons. The number of rotatable bonds is 6. The lowest BCUT2D eigenvalue weighted by Gasteiger charge is -2.47. The van der Waals surface area contributed by atoms with Crippen LogP contribution in [0, 0.1) is 6.92 Å². The van der Waals surface area contributed by atoms with Crippen molar-refractivity contribution in [2.75, 3.05) is 13.7 Å². The Morgan fingerprint density at radius 3 is 2.56 bits per heavy atom. The highest BCUT2D eigenvalue weighted by molar-refractivity contribution is 5.27. The van der Waals surface area contributed by atoms with E-state index < -0.39 is 0 Å². The maximum absolute atomic E-state index is 5.84. The van der Waals surface area contributed by atoms with Crippen molar-refractivity contribution in [3.8, 4) is 0 Å². The van der Waals surface area contributed by atoms with Crippen LogP contribution in [0.1, 0.15) is 37.3 Å². The number of likely N-dealkylation sites (N-methyl/N-ethyl adjacent to an activating group) is 1. The summed E-state index contributed by atoms with van der Waals surface area (Å²) in [4.78, 5) is 0. The molecule has 1 aromatic carbocycles. The van der Waals surface area contributed by atoms with Crippen molar-refractivity contribution in [3.63, 3.8) is 0 Å². The van der Waals surface area contributed by atoms with E-state index in [0.717, 1.165) is 13.0 Å². The number of methoxy groups -OCH3 is 1. The zero-order chi connectivity index (χ0) is 13.0. The molecule has 1 aliphatic rings. The van der Waals surface area contributed by atoms with Crippen molar-refractivity contribution in [1.82, 2.24) is 5.32 Å². The Morgan fingerprint density at radius 1 is 1.33 bits per heavy atom. The first-order valence-corrected chi connectivity index (χ1v) is 7.05. The first kappa shape index (κ1) is 13.6. The highest BCUT2D eigenvalue weighted by Gasteiger charge is 2.44. The van der Waals surface area contributed by atoms with E-state index in [2.05, 4.69) is 43.4 Å². The predicted molar refractivity (Wildman–Crippen MR) is 75.9 cm³/mol. The molecule has 1 aromatic rings. The molecule has 0 heterocycles. The molecule has 0 aliphatic heterocycles. The average Bonchev–Trinajstić information content (AvgIpc) is 2.31. The van der Waals surface area contributed by atoms with E-state index in [9.17, 15) is 0 Å². The fourth-order valence-electron chi connectivity index (χ4n) is 2.97. The quantitative estimate of drug-likeness (QED) is 0.834. The largest absolute Gasteiger partial charge is 0.377 e. The number of benzene rings is 1. The maximum Gasteiger partial charge on any atom is 0.0834 e. The molecule has 0 radical (unpaired) electrons. The Kier molecular flexibility index (Phi) is 4.41. The lowest BCUT2D eigenvalue weighted by molar-refractivity contribution is -0.0978. The Balaban J connectivity index is 2.14. The Morgan fingerprint density at radius 2 is 2.06 bits per heavy atom. The highest BCUT2D eigenvalue weighted by atomic mass is 16.5. The third-order valence-corrected chi connectivity index (χ3v) is 4.38. The van der Waals surface area contributed by atoms with Gasteiger partial charge in [0.1, 0.15) is 0 Å². The Bertz CT molecular complexity index is 379. The summed E-state index contributed by atoms with van der Waals surface area (Å²) in [5.74, 6) is 0. The van der Waals surface area contributed by atoms with Crippen molar-refractivity contribution in [2.24, 2.45) is 0 Å². The van der Waals surface area contributed by atoms with Gasteiger partial charge >= 0.3 is 0 Å². The van der Waals surface area contributed by atoms with Crippen LogP contribution >= 0.6 is 0 Å². The summed E-state index contributed by atoms with van der Waals surface area (Å²) in [5.41, 5.74) is 2.89. The smallest absolute Gasteiger partial charge is 0.0834 e. The van der Waals surface area contributed by atoms with Gasteiger partial charge in [0.25, 0.3) is 0 Å². The molecule has 0 bridgehead atoms. The number of aryl methyl sites for hydroxylation is 1. The third kappa shape index (κ3) is 2.60. The lowest BCUT2D eigenvalue weighted by Crippen LogP contribution is -2.57. The number of hydrogen-bond acceptors (Lipinski definition) is 2. The highest BCUT2D eigenvalue weighted by Crippen LogP contribution is 2.39. The van der Waals surface area contributed by atoms with Crippen LogP contribution in [0.25, 0.3) is 0 Å². The predicted octanol–water partition coefficient (Wildman–Crippen LogP) is 3.08. The second-order valence-corrected chi connectivity index (χ2v) is 5.36. The van der Waals surface area contributed by atoms with Crippen molar-refractivity contribution in [1.29, 1.82) is 0 Å². The van der Waals surface area contributed by atoms with E-state index in [1.54, 1.807) is 0 Å². The van der Waals surface area contributed by atoms with Crippen molar-refractivity contribution >= 4 is 0 Å². The molecule has 18 heavy (non-hydrogen) atoms. The maximum atomic E-state index is 5.84. The molecule has 1 unspecified atom stereocenters. The molecular weight excluding hydrogens is 222 g/mol. The van der Waals surface area contributed by atoms with E-state index in [4.69, 9.17) is 4.74 Å². The Labute approximate surface area is 111 Å². The summed E-state index contributed by atoms with van der Waals surface area (Å²) in [6.07, 6.45) is 4.73. The molecule has 1 atom stereocenters. The molecule has 1 saturated carbocycles. The minimum absolute atomic E-state index is 0.0677. The summed E-state index contributed by atoms with van der Waals surface area (Å²) in [5, 5.41) is 3.63. The van der Waals surface area contributed by atoms with Crippen LogP contribution in [-0.4, -0.2) is 25.3 Å². The topological polar surface area (TPSA) is 21.3 Å². The summed E-state index contributed by atoms with van der Waals surface area (Å²) in [6.45, 7) is 5.37. The van der Waals surface area contributed by atoms with Crippen LogP contribution in [0.5, 0.6) is 0 Å². The van der Waals surface area contributed by atoms with E-state index in [0.29, 0.717) is 6.04 Å². The zero-order valence-electron chi connectivity index (χ0n) is 11.8. The van der Waals surface area contributed by atoms with E-state index in [-0.39, 0.29) is 5.60 Å². The van der Waals surface area contributed by atoms with Crippen LogP contribution in [0.4, 0.5) is 0 Å². The van der Waals surface area contributed by atoms with Gasteiger partial charge in [0, 0.05) is 13.2 Å². The standard InChI is InChI=1S/C16H25NO/c1-4-17-15(16(18-3)10-7-11-16)12-14-9-6-5-8-13(14)2/h5-6,8-9,15,17H,4,7,10-12H2,1-3H3. The summed E-state index contributed by atoms with van der Waals surface area (Å²) >= 11 is 0. The van der Waals surface area contributed by atoms with Crippen LogP contribution in [0.15, 0.2) is 24.3 Å². The number of ether oxygens (including phenoxy) is 1. The fraction of sp³-hybridized carbons (Fsp3) is 0.625.